The first-order chi connectivity index (χ1) is 13.1. The molecule has 1 aliphatic carbocycles. The number of piperidine rings is 1. The summed E-state index contributed by atoms with van der Waals surface area (Å²) < 4.78 is 5.63. The molecule has 0 saturated carbocycles. The third kappa shape index (κ3) is 3.89. The second kappa shape index (κ2) is 7.79. The Kier molecular flexibility index (Phi) is 5.23. The van der Waals surface area contributed by atoms with Crippen molar-refractivity contribution in [2.45, 2.75) is 71.3 Å². The summed E-state index contributed by atoms with van der Waals surface area (Å²) >= 11 is 0. The van der Waals surface area contributed by atoms with Gasteiger partial charge in [0, 0.05) is 18.7 Å². The predicted molar refractivity (Wildman–Crippen MR) is 102 cm³/mol. The molecule has 144 valence electrons. The highest BCUT2D eigenvalue weighted by molar-refractivity contribution is 5.77. The molecule has 0 spiro atoms. The van der Waals surface area contributed by atoms with Gasteiger partial charge < -0.3 is 9.42 Å². The van der Waals surface area contributed by atoms with E-state index in [1.54, 1.807) is 0 Å². The predicted octanol–water partition coefficient (Wildman–Crippen LogP) is 4.11. The van der Waals surface area contributed by atoms with Crippen molar-refractivity contribution in [2.24, 2.45) is 5.92 Å². The van der Waals surface area contributed by atoms with Crippen LogP contribution in [0, 0.1) is 5.92 Å². The molecule has 0 bridgehead atoms. The van der Waals surface area contributed by atoms with E-state index in [0.717, 1.165) is 50.0 Å². The molecule has 1 atom stereocenters. The minimum atomic E-state index is -0.142. The molecule has 6 heteroatoms. The van der Waals surface area contributed by atoms with Crippen LogP contribution >= 0.6 is 0 Å². The summed E-state index contributed by atoms with van der Waals surface area (Å²) in [5.74, 6) is 1.69. The zero-order valence-electron chi connectivity index (χ0n) is 16.3. The number of carbonyl (C=O) groups excluding carboxylic acids is 1. The molecule has 0 aromatic carbocycles. The van der Waals surface area contributed by atoms with Crippen LogP contribution in [0.1, 0.15) is 75.6 Å². The number of pyridine rings is 1. The first-order valence-electron chi connectivity index (χ1n) is 10.2. The van der Waals surface area contributed by atoms with Gasteiger partial charge in [0.25, 0.3) is 0 Å². The Balaban J connectivity index is 1.61. The second-order valence-corrected chi connectivity index (χ2v) is 8.16. The quantitative estimate of drug-likeness (QED) is 0.794. The molecule has 6 nitrogen and oxygen atoms in total. The van der Waals surface area contributed by atoms with Crippen molar-refractivity contribution in [3.8, 4) is 11.5 Å². The highest BCUT2D eigenvalue weighted by Gasteiger charge is 2.32. The number of likely N-dealkylation sites (tertiary alicyclic amines) is 1. The van der Waals surface area contributed by atoms with Gasteiger partial charge in [0.15, 0.2) is 0 Å². The van der Waals surface area contributed by atoms with E-state index in [9.17, 15) is 4.79 Å². The zero-order valence-corrected chi connectivity index (χ0v) is 16.3. The lowest BCUT2D eigenvalue weighted by Crippen LogP contribution is -2.39. The number of hydrogen-bond acceptors (Lipinski definition) is 5. The van der Waals surface area contributed by atoms with Gasteiger partial charge >= 0.3 is 0 Å². The lowest BCUT2D eigenvalue weighted by molar-refractivity contribution is -0.137. The number of aromatic nitrogens is 3. The Morgan fingerprint density at radius 2 is 1.89 bits per heavy atom. The van der Waals surface area contributed by atoms with Crippen molar-refractivity contribution in [3.05, 3.63) is 29.3 Å². The third-order valence-corrected chi connectivity index (χ3v) is 5.56. The zero-order chi connectivity index (χ0) is 18.8. The lowest BCUT2D eigenvalue weighted by atomic mass is 9.96. The summed E-state index contributed by atoms with van der Waals surface area (Å²) in [5, 5.41) is 4.20. The Bertz CT molecular complexity index is 814. The summed E-state index contributed by atoms with van der Waals surface area (Å²) in [6.45, 7) is 5.08. The van der Waals surface area contributed by atoms with E-state index in [4.69, 9.17) is 9.51 Å². The fourth-order valence-corrected chi connectivity index (χ4v) is 4.15. The first kappa shape index (κ1) is 18.1. The van der Waals surface area contributed by atoms with E-state index >= 15 is 0 Å². The highest BCUT2D eigenvalue weighted by Crippen LogP contribution is 2.31. The van der Waals surface area contributed by atoms with E-state index in [0.29, 0.717) is 24.1 Å². The average Bonchev–Trinajstić information content (AvgIpc) is 3.16. The molecule has 4 rings (SSSR count). The fourth-order valence-electron chi connectivity index (χ4n) is 4.15. The van der Waals surface area contributed by atoms with Crippen LogP contribution in [0.15, 0.2) is 16.7 Å². The monoisotopic (exact) mass is 368 g/mol. The maximum absolute atomic E-state index is 12.5. The van der Waals surface area contributed by atoms with Gasteiger partial charge in [-0.3, -0.25) is 4.79 Å². The van der Waals surface area contributed by atoms with Crippen LogP contribution in [0.2, 0.25) is 0 Å². The van der Waals surface area contributed by atoms with Gasteiger partial charge in [0.05, 0.1) is 0 Å². The standard InChI is InChI=1S/C21H28N4O2/c1-14(2)13-18(25-12-6-5-9-19(25)26)21-23-20(24-27-21)17-11-10-15-7-3-4-8-16(15)22-17/h10-11,14,18H,3-9,12-13H2,1-2H3. The van der Waals surface area contributed by atoms with E-state index in [1.807, 2.05) is 11.0 Å². The van der Waals surface area contributed by atoms with Crippen molar-refractivity contribution >= 4 is 5.91 Å². The maximum Gasteiger partial charge on any atom is 0.249 e. The molecule has 2 aromatic rings. The number of fused-ring (bicyclic) bond motifs is 1. The Labute approximate surface area is 160 Å². The van der Waals surface area contributed by atoms with Crippen molar-refractivity contribution in [1.82, 2.24) is 20.0 Å². The summed E-state index contributed by atoms with van der Waals surface area (Å²) in [4.78, 5) is 23.8. The highest BCUT2D eigenvalue weighted by atomic mass is 16.5. The molecule has 0 N–H and O–H groups in total. The SMILES string of the molecule is CC(C)CC(c1nc(-c2ccc3c(n2)CCCC3)no1)N1CCCCC1=O. The maximum atomic E-state index is 12.5. The number of rotatable bonds is 5. The number of amides is 1. The van der Waals surface area contributed by atoms with Crippen LogP contribution in [-0.2, 0) is 17.6 Å². The molecule has 2 aliphatic rings. The lowest BCUT2D eigenvalue weighted by Gasteiger charge is -2.33. The first-order valence-corrected chi connectivity index (χ1v) is 10.2. The van der Waals surface area contributed by atoms with Gasteiger partial charge in [-0.25, -0.2) is 4.98 Å². The van der Waals surface area contributed by atoms with Crippen LogP contribution in [0.25, 0.3) is 11.5 Å². The number of hydrogen-bond donors (Lipinski definition) is 0. The van der Waals surface area contributed by atoms with Gasteiger partial charge in [-0.2, -0.15) is 4.98 Å². The van der Waals surface area contributed by atoms with Crippen LogP contribution in [0.4, 0.5) is 0 Å². The molecule has 1 aliphatic heterocycles. The summed E-state index contributed by atoms with van der Waals surface area (Å²) in [6, 6.07) is 3.99. The van der Waals surface area contributed by atoms with Gasteiger partial charge in [0.2, 0.25) is 17.6 Å². The van der Waals surface area contributed by atoms with Crippen LogP contribution in [0.5, 0.6) is 0 Å². The number of carbonyl (C=O) groups is 1. The van der Waals surface area contributed by atoms with Crippen molar-refractivity contribution in [3.63, 3.8) is 0 Å². The molecular formula is C21H28N4O2. The summed E-state index contributed by atoms with van der Waals surface area (Å²) in [7, 11) is 0. The van der Waals surface area contributed by atoms with Crippen LogP contribution in [0.3, 0.4) is 0 Å². The molecule has 0 radical (unpaired) electrons. The fraction of sp³-hybridized carbons (Fsp3) is 0.619. The molecule has 27 heavy (non-hydrogen) atoms. The van der Waals surface area contributed by atoms with Crippen LogP contribution < -0.4 is 0 Å². The number of nitrogens with zero attached hydrogens (tertiary/aromatic N) is 4. The molecule has 1 fully saturated rings. The smallest absolute Gasteiger partial charge is 0.249 e. The Morgan fingerprint density at radius 1 is 1.07 bits per heavy atom. The summed E-state index contributed by atoms with van der Waals surface area (Å²) in [5.41, 5.74) is 3.26. The Morgan fingerprint density at radius 3 is 2.70 bits per heavy atom. The van der Waals surface area contributed by atoms with Crippen molar-refractivity contribution in [1.29, 1.82) is 0 Å². The van der Waals surface area contributed by atoms with Crippen molar-refractivity contribution < 1.29 is 9.32 Å². The molecule has 2 aromatic heterocycles. The topological polar surface area (TPSA) is 72.1 Å². The molecule has 1 amide bonds. The number of aryl methyl sites for hydroxylation is 2. The third-order valence-electron chi connectivity index (χ3n) is 5.56. The summed E-state index contributed by atoms with van der Waals surface area (Å²) in [6.07, 6.45) is 7.99. The molecule has 3 heterocycles. The van der Waals surface area contributed by atoms with Crippen LogP contribution in [-0.4, -0.2) is 32.5 Å². The molecule has 1 saturated heterocycles. The van der Waals surface area contributed by atoms with Gasteiger partial charge in [-0.15, -0.1) is 0 Å². The minimum absolute atomic E-state index is 0.142. The largest absolute Gasteiger partial charge is 0.337 e. The van der Waals surface area contributed by atoms with Gasteiger partial charge in [0.1, 0.15) is 11.7 Å². The second-order valence-electron chi connectivity index (χ2n) is 8.16. The minimum Gasteiger partial charge on any atom is -0.337 e. The van der Waals surface area contributed by atoms with E-state index in [1.165, 1.54) is 18.4 Å². The van der Waals surface area contributed by atoms with Gasteiger partial charge in [-0.05, 0) is 62.5 Å². The molecular weight excluding hydrogens is 340 g/mol. The van der Waals surface area contributed by atoms with E-state index in [2.05, 4.69) is 30.1 Å². The Hall–Kier alpha value is -2.24. The van der Waals surface area contributed by atoms with E-state index < -0.39 is 0 Å². The van der Waals surface area contributed by atoms with Crippen molar-refractivity contribution in [2.75, 3.05) is 6.54 Å². The van der Waals surface area contributed by atoms with E-state index in [-0.39, 0.29) is 11.9 Å². The van der Waals surface area contributed by atoms with Gasteiger partial charge in [-0.1, -0.05) is 25.1 Å². The molecule has 1 unspecified atom stereocenters. The average molecular weight is 368 g/mol. The normalized spacial score (nSPS) is 18.6.